The van der Waals surface area contributed by atoms with E-state index < -0.39 is 0 Å². The molecule has 8 heteroatoms. The lowest BCUT2D eigenvalue weighted by Gasteiger charge is -2.27. The van der Waals surface area contributed by atoms with Gasteiger partial charge in [0, 0.05) is 37.4 Å². The second-order valence-electron chi connectivity index (χ2n) is 7.21. The predicted octanol–water partition coefficient (Wildman–Crippen LogP) is 1.34. The third-order valence-electron chi connectivity index (χ3n) is 5.31. The van der Waals surface area contributed by atoms with Crippen molar-refractivity contribution in [2.24, 2.45) is 0 Å². The molecule has 2 aliphatic heterocycles. The molecule has 4 heterocycles. The molecule has 138 valence electrons. The van der Waals surface area contributed by atoms with Crippen LogP contribution in [0.4, 0.5) is 5.95 Å². The summed E-state index contributed by atoms with van der Waals surface area (Å²) in [6, 6.07) is 1.97. The van der Waals surface area contributed by atoms with Crippen molar-refractivity contribution in [3.8, 4) is 0 Å². The van der Waals surface area contributed by atoms with Gasteiger partial charge < -0.3 is 20.1 Å². The van der Waals surface area contributed by atoms with Gasteiger partial charge in [-0.25, -0.2) is 15.0 Å². The Hall–Kier alpha value is -2.48. The fraction of sp³-hybridized carbons (Fsp3) is 0.556. The minimum Gasteiger partial charge on any atom is -0.350 e. The van der Waals surface area contributed by atoms with Crippen molar-refractivity contribution in [3.63, 3.8) is 0 Å². The molecule has 2 aliphatic rings. The SMILES string of the molecule is CN1CCC(c2ncc(C(=O)N3CC[C@H](Nc4ncccn4)C3)[nH]2)CC1. The third-order valence-corrected chi connectivity index (χ3v) is 5.31. The average Bonchev–Trinajstić information content (AvgIpc) is 3.33. The molecule has 1 atom stereocenters. The first kappa shape index (κ1) is 17.0. The molecule has 0 bridgehead atoms. The molecule has 0 radical (unpaired) electrons. The summed E-state index contributed by atoms with van der Waals surface area (Å²) in [5, 5.41) is 3.29. The van der Waals surface area contributed by atoms with Crippen LogP contribution < -0.4 is 5.32 Å². The number of piperidine rings is 1. The number of imidazole rings is 1. The van der Waals surface area contributed by atoms with Crippen molar-refractivity contribution in [2.75, 3.05) is 38.5 Å². The van der Waals surface area contributed by atoms with Crippen molar-refractivity contribution in [1.29, 1.82) is 0 Å². The molecule has 0 aliphatic carbocycles. The lowest BCUT2D eigenvalue weighted by molar-refractivity contribution is 0.0786. The molecule has 4 rings (SSSR count). The lowest BCUT2D eigenvalue weighted by atomic mass is 9.97. The average molecular weight is 355 g/mol. The number of hydrogen-bond acceptors (Lipinski definition) is 6. The summed E-state index contributed by atoms with van der Waals surface area (Å²) >= 11 is 0. The summed E-state index contributed by atoms with van der Waals surface area (Å²) in [5.41, 5.74) is 0.593. The zero-order valence-corrected chi connectivity index (χ0v) is 15.1. The standard InChI is InChI=1S/C18H25N7O/c1-24-8-3-13(4-9-24)16-21-11-15(23-16)17(26)25-10-5-14(12-25)22-18-19-6-2-7-20-18/h2,6-7,11,13-14H,3-5,8-10,12H2,1H3,(H,21,23)(H,19,20,22)/t14-/m0/s1. The molecule has 8 nitrogen and oxygen atoms in total. The second kappa shape index (κ2) is 7.41. The van der Waals surface area contributed by atoms with Crippen LogP contribution in [0, 0.1) is 0 Å². The number of carbonyl (C=O) groups excluding carboxylic acids is 1. The molecule has 2 saturated heterocycles. The van der Waals surface area contributed by atoms with E-state index in [1.54, 1.807) is 24.7 Å². The highest BCUT2D eigenvalue weighted by Crippen LogP contribution is 2.25. The van der Waals surface area contributed by atoms with Crippen LogP contribution in [0.15, 0.2) is 24.7 Å². The first-order valence-electron chi connectivity index (χ1n) is 9.25. The summed E-state index contributed by atoms with van der Waals surface area (Å²) in [4.78, 5) is 33.1. The summed E-state index contributed by atoms with van der Waals surface area (Å²) < 4.78 is 0. The number of anilines is 1. The minimum atomic E-state index is 0.0231. The van der Waals surface area contributed by atoms with Crippen molar-refractivity contribution < 1.29 is 4.79 Å². The summed E-state index contributed by atoms with van der Waals surface area (Å²) in [7, 11) is 2.14. The van der Waals surface area contributed by atoms with E-state index in [2.05, 4.69) is 37.2 Å². The highest BCUT2D eigenvalue weighted by molar-refractivity contribution is 5.92. The Morgan fingerprint density at radius 2 is 1.92 bits per heavy atom. The van der Waals surface area contributed by atoms with Crippen LogP contribution in [0.3, 0.4) is 0 Å². The fourth-order valence-corrected chi connectivity index (χ4v) is 3.72. The quantitative estimate of drug-likeness (QED) is 0.860. The number of aromatic nitrogens is 4. The maximum absolute atomic E-state index is 12.8. The van der Waals surface area contributed by atoms with Gasteiger partial charge in [-0.15, -0.1) is 0 Å². The van der Waals surface area contributed by atoms with Crippen molar-refractivity contribution >= 4 is 11.9 Å². The van der Waals surface area contributed by atoms with Gasteiger partial charge in [0.05, 0.1) is 6.20 Å². The molecular weight excluding hydrogens is 330 g/mol. The number of amides is 1. The molecule has 0 spiro atoms. The normalized spacial score (nSPS) is 21.9. The molecule has 0 aromatic carbocycles. The molecule has 0 saturated carbocycles. The van der Waals surface area contributed by atoms with Crippen molar-refractivity contribution in [3.05, 3.63) is 36.2 Å². The van der Waals surface area contributed by atoms with E-state index in [1.807, 2.05) is 4.90 Å². The Bertz CT molecular complexity index is 739. The Kier molecular flexibility index (Phi) is 4.83. The zero-order valence-electron chi connectivity index (χ0n) is 15.1. The molecule has 1 amide bonds. The molecule has 26 heavy (non-hydrogen) atoms. The second-order valence-corrected chi connectivity index (χ2v) is 7.21. The van der Waals surface area contributed by atoms with Gasteiger partial charge in [-0.3, -0.25) is 4.79 Å². The number of aromatic amines is 1. The largest absolute Gasteiger partial charge is 0.350 e. The predicted molar refractivity (Wildman–Crippen MR) is 98.0 cm³/mol. The summed E-state index contributed by atoms with van der Waals surface area (Å²) in [6.45, 7) is 3.54. The van der Waals surface area contributed by atoms with Gasteiger partial charge in [0.2, 0.25) is 5.95 Å². The van der Waals surface area contributed by atoms with Gasteiger partial charge in [0.1, 0.15) is 11.5 Å². The van der Waals surface area contributed by atoms with E-state index in [9.17, 15) is 4.79 Å². The first-order valence-corrected chi connectivity index (χ1v) is 9.25. The van der Waals surface area contributed by atoms with Crippen LogP contribution >= 0.6 is 0 Å². The number of carbonyl (C=O) groups is 1. The highest BCUT2D eigenvalue weighted by atomic mass is 16.2. The molecule has 2 N–H and O–H groups in total. The number of rotatable bonds is 4. The van der Waals surface area contributed by atoms with Crippen LogP contribution in [-0.2, 0) is 0 Å². The number of hydrogen-bond donors (Lipinski definition) is 2. The summed E-state index contributed by atoms with van der Waals surface area (Å²) in [6.07, 6.45) is 8.18. The highest BCUT2D eigenvalue weighted by Gasteiger charge is 2.29. The van der Waals surface area contributed by atoms with Gasteiger partial charge in [-0.1, -0.05) is 0 Å². The van der Waals surface area contributed by atoms with E-state index in [4.69, 9.17) is 0 Å². The van der Waals surface area contributed by atoms with E-state index in [0.717, 1.165) is 44.7 Å². The summed E-state index contributed by atoms with van der Waals surface area (Å²) in [5.74, 6) is 2.01. The minimum absolute atomic E-state index is 0.0231. The Balaban J connectivity index is 1.35. The Labute approximate surface area is 153 Å². The van der Waals surface area contributed by atoms with Crippen LogP contribution in [0.5, 0.6) is 0 Å². The molecule has 2 aromatic heterocycles. The van der Waals surface area contributed by atoms with Crippen molar-refractivity contribution in [2.45, 2.75) is 31.2 Å². The van der Waals surface area contributed by atoms with E-state index in [0.29, 0.717) is 24.1 Å². The Morgan fingerprint density at radius 1 is 1.15 bits per heavy atom. The first-order chi connectivity index (χ1) is 12.7. The monoisotopic (exact) mass is 355 g/mol. The van der Waals surface area contributed by atoms with E-state index in [1.165, 1.54) is 0 Å². The lowest BCUT2D eigenvalue weighted by Crippen LogP contribution is -2.32. The number of H-pyrrole nitrogens is 1. The van der Waals surface area contributed by atoms with E-state index >= 15 is 0 Å². The van der Waals surface area contributed by atoms with Crippen LogP contribution in [-0.4, -0.2) is 74.9 Å². The fourth-order valence-electron chi connectivity index (χ4n) is 3.72. The zero-order chi connectivity index (χ0) is 17.9. The van der Waals surface area contributed by atoms with E-state index in [-0.39, 0.29) is 11.9 Å². The maximum Gasteiger partial charge on any atom is 0.271 e. The van der Waals surface area contributed by atoms with Gasteiger partial charge in [0.15, 0.2) is 0 Å². The van der Waals surface area contributed by atoms with Gasteiger partial charge in [-0.05, 0) is 45.5 Å². The van der Waals surface area contributed by atoms with Gasteiger partial charge >= 0.3 is 0 Å². The molecule has 0 unspecified atom stereocenters. The third kappa shape index (κ3) is 3.70. The number of likely N-dealkylation sites (tertiary alicyclic amines) is 2. The van der Waals surface area contributed by atoms with Crippen LogP contribution in [0.25, 0.3) is 0 Å². The Morgan fingerprint density at radius 3 is 2.69 bits per heavy atom. The topological polar surface area (TPSA) is 90.0 Å². The molecule has 2 aromatic rings. The molecular formula is C18H25N7O. The molecule has 2 fully saturated rings. The van der Waals surface area contributed by atoms with Gasteiger partial charge in [0.25, 0.3) is 5.91 Å². The smallest absolute Gasteiger partial charge is 0.271 e. The number of nitrogens with one attached hydrogen (secondary N) is 2. The van der Waals surface area contributed by atoms with Crippen molar-refractivity contribution in [1.82, 2.24) is 29.7 Å². The van der Waals surface area contributed by atoms with Crippen LogP contribution in [0.1, 0.15) is 41.5 Å². The van der Waals surface area contributed by atoms with Crippen LogP contribution in [0.2, 0.25) is 0 Å². The maximum atomic E-state index is 12.8. The van der Waals surface area contributed by atoms with Gasteiger partial charge in [-0.2, -0.15) is 0 Å². The number of nitrogens with zero attached hydrogens (tertiary/aromatic N) is 5.